The largest absolute Gasteiger partial charge is 0.492 e. The highest BCUT2D eigenvalue weighted by Gasteiger charge is 2.11. The van der Waals surface area contributed by atoms with E-state index in [1.807, 2.05) is 0 Å². The highest BCUT2D eigenvalue weighted by molar-refractivity contribution is 7.89. The fraction of sp³-hybridized carbons (Fsp3) is 0.250. The maximum absolute atomic E-state index is 11.8. The number of sulfonamides is 1. The molecule has 0 saturated heterocycles. The molecule has 0 bridgehead atoms. The fourth-order valence-electron chi connectivity index (χ4n) is 1.49. The van der Waals surface area contributed by atoms with Crippen LogP contribution in [0.15, 0.2) is 34.4 Å². The van der Waals surface area contributed by atoms with Gasteiger partial charge in [-0.25, -0.2) is 13.1 Å². The van der Waals surface area contributed by atoms with Gasteiger partial charge in [0.05, 0.1) is 12.3 Å². The van der Waals surface area contributed by atoms with Crippen LogP contribution in [0.4, 0.5) is 5.69 Å². The number of ether oxygens (including phenoxy) is 1. The molecule has 1 aromatic carbocycles. The van der Waals surface area contributed by atoms with Crippen molar-refractivity contribution in [1.29, 1.82) is 0 Å². The van der Waals surface area contributed by atoms with Gasteiger partial charge < -0.3 is 15.5 Å². The molecule has 2 rings (SSSR count). The summed E-state index contributed by atoms with van der Waals surface area (Å²) in [6, 6.07) is 6.70. The van der Waals surface area contributed by atoms with Crippen molar-refractivity contribution in [1.82, 2.24) is 9.71 Å². The third-order valence-corrected chi connectivity index (χ3v) is 4.56. The Morgan fingerprint density at radius 2 is 2.00 bits per heavy atom. The van der Waals surface area contributed by atoms with Gasteiger partial charge in [-0.1, -0.05) is 11.3 Å². The molecule has 21 heavy (non-hydrogen) atoms. The van der Waals surface area contributed by atoms with Crippen molar-refractivity contribution >= 4 is 27.0 Å². The molecule has 0 spiro atoms. The van der Waals surface area contributed by atoms with Gasteiger partial charge in [0.2, 0.25) is 10.0 Å². The molecule has 0 aliphatic rings. The molecule has 0 aliphatic carbocycles. The first-order valence-corrected chi connectivity index (χ1v) is 8.60. The lowest BCUT2D eigenvalue weighted by Gasteiger charge is -2.08. The van der Waals surface area contributed by atoms with E-state index in [2.05, 4.69) is 9.71 Å². The van der Waals surface area contributed by atoms with E-state index in [4.69, 9.17) is 10.5 Å². The molecule has 114 valence electrons. The molecule has 1 aromatic heterocycles. The van der Waals surface area contributed by atoms with Gasteiger partial charge in [0.1, 0.15) is 12.4 Å². The molecule has 7 nitrogen and oxygen atoms in total. The van der Waals surface area contributed by atoms with Crippen LogP contribution >= 0.6 is 11.3 Å². The summed E-state index contributed by atoms with van der Waals surface area (Å²) in [5, 5.41) is 1.58. The minimum atomic E-state index is -3.47. The topological polar surface area (TPSA) is 114 Å². The van der Waals surface area contributed by atoms with Gasteiger partial charge >= 0.3 is 4.87 Å². The predicted molar refractivity (Wildman–Crippen MR) is 81.9 cm³/mol. The van der Waals surface area contributed by atoms with Gasteiger partial charge in [0.25, 0.3) is 0 Å². The number of anilines is 1. The molecule has 2 aromatic rings. The van der Waals surface area contributed by atoms with Gasteiger partial charge in [-0.15, -0.1) is 0 Å². The summed E-state index contributed by atoms with van der Waals surface area (Å²) in [5.41, 5.74) is 6.68. The Morgan fingerprint density at radius 1 is 1.29 bits per heavy atom. The Kier molecular flexibility index (Phi) is 4.99. The van der Waals surface area contributed by atoms with Crippen molar-refractivity contribution < 1.29 is 13.2 Å². The second kappa shape index (κ2) is 6.74. The van der Waals surface area contributed by atoms with Crippen molar-refractivity contribution in [2.24, 2.45) is 0 Å². The Hall–Kier alpha value is -1.84. The molecule has 1 heterocycles. The number of nitrogens with two attached hydrogens (primary N) is 1. The van der Waals surface area contributed by atoms with Gasteiger partial charge in [-0.05, 0) is 24.3 Å². The smallest absolute Gasteiger partial charge is 0.304 e. The highest BCUT2D eigenvalue weighted by Crippen LogP contribution is 2.12. The lowest BCUT2D eigenvalue weighted by Crippen LogP contribution is -2.29. The van der Waals surface area contributed by atoms with Crippen LogP contribution in [0.1, 0.15) is 5.69 Å². The summed E-state index contributed by atoms with van der Waals surface area (Å²) in [6.07, 6.45) is 0. The predicted octanol–water partition coefficient (Wildman–Crippen LogP) is 0.517. The molecule has 0 fully saturated rings. The van der Waals surface area contributed by atoms with Gasteiger partial charge in [0, 0.05) is 16.8 Å². The number of rotatable bonds is 7. The standard InChI is InChI=1S/C12H15N3O4S2/c13-9-1-3-11(4-2-9)19-5-6-21(17,18)14-7-10-8-20-12(16)15-10/h1-4,8,14H,5-7,13H2,(H,15,16). The molecule has 0 aliphatic heterocycles. The van der Waals surface area contributed by atoms with Gasteiger partial charge in [0.15, 0.2) is 0 Å². The van der Waals surface area contributed by atoms with Crippen LogP contribution in [0.3, 0.4) is 0 Å². The molecule has 4 N–H and O–H groups in total. The van der Waals surface area contributed by atoms with E-state index in [0.29, 0.717) is 17.1 Å². The number of hydrogen-bond acceptors (Lipinski definition) is 6. The zero-order chi connectivity index (χ0) is 15.3. The second-order valence-corrected chi connectivity index (χ2v) is 7.00. The summed E-state index contributed by atoms with van der Waals surface area (Å²) >= 11 is 0.990. The summed E-state index contributed by atoms with van der Waals surface area (Å²) in [5.74, 6) is 0.382. The van der Waals surface area contributed by atoms with Crippen LogP contribution in [0.2, 0.25) is 0 Å². The molecule has 0 atom stereocenters. The van der Waals surface area contributed by atoms with E-state index in [9.17, 15) is 13.2 Å². The highest BCUT2D eigenvalue weighted by atomic mass is 32.2. The van der Waals surface area contributed by atoms with Crippen LogP contribution in [0.25, 0.3) is 0 Å². The van der Waals surface area contributed by atoms with Crippen LogP contribution in [-0.2, 0) is 16.6 Å². The number of thiazole rings is 1. The summed E-state index contributed by atoms with van der Waals surface area (Å²) in [4.78, 5) is 13.2. The van der Waals surface area contributed by atoms with Crippen LogP contribution in [0.5, 0.6) is 5.75 Å². The lowest BCUT2D eigenvalue weighted by atomic mass is 10.3. The summed E-state index contributed by atoms with van der Waals surface area (Å²) in [7, 11) is -3.47. The van der Waals surface area contributed by atoms with Crippen LogP contribution < -0.4 is 20.1 Å². The first kappa shape index (κ1) is 15.5. The minimum absolute atomic E-state index is 0.0272. The Balaban J connectivity index is 1.78. The van der Waals surface area contributed by atoms with E-state index in [-0.39, 0.29) is 23.8 Å². The average molecular weight is 329 g/mol. The van der Waals surface area contributed by atoms with Crippen molar-refractivity contribution in [2.45, 2.75) is 6.54 Å². The number of nitrogen functional groups attached to an aromatic ring is 1. The lowest BCUT2D eigenvalue weighted by molar-refractivity contribution is 0.340. The zero-order valence-corrected chi connectivity index (χ0v) is 12.7. The van der Waals surface area contributed by atoms with E-state index < -0.39 is 10.0 Å². The molecule has 0 radical (unpaired) electrons. The summed E-state index contributed by atoms with van der Waals surface area (Å²) < 4.78 is 31.2. The number of H-pyrrole nitrogens is 1. The zero-order valence-electron chi connectivity index (χ0n) is 11.0. The molecule has 0 amide bonds. The molecule has 0 unspecified atom stereocenters. The van der Waals surface area contributed by atoms with Gasteiger partial charge in [-0.2, -0.15) is 0 Å². The van der Waals surface area contributed by atoms with Crippen molar-refractivity contribution in [3.63, 3.8) is 0 Å². The Morgan fingerprint density at radius 3 is 2.62 bits per heavy atom. The van der Waals surface area contributed by atoms with Crippen molar-refractivity contribution in [2.75, 3.05) is 18.1 Å². The first-order chi connectivity index (χ1) is 9.94. The average Bonchev–Trinajstić information content (AvgIpc) is 2.85. The van der Waals surface area contributed by atoms with E-state index in [1.165, 1.54) is 0 Å². The quantitative estimate of drug-likeness (QED) is 0.641. The van der Waals surface area contributed by atoms with Crippen molar-refractivity contribution in [3.05, 3.63) is 45.0 Å². The Bertz CT molecular complexity index is 734. The fourth-order valence-corrected chi connectivity index (χ4v) is 2.90. The van der Waals surface area contributed by atoms with E-state index in [0.717, 1.165) is 11.3 Å². The molecular weight excluding hydrogens is 314 g/mol. The third kappa shape index (κ3) is 5.21. The minimum Gasteiger partial charge on any atom is -0.492 e. The summed E-state index contributed by atoms with van der Waals surface area (Å²) in [6.45, 7) is 0.0857. The normalized spacial score (nSPS) is 11.4. The SMILES string of the molecule is Nc1ccc(OCCS(=O)(=O)NCc2csc(=O)[nH]2)cc1. The Labute approximate surface area is 125 Å². The molecular formula is C12H15N3O4S2. The maximum atomic E-state index is 11.8. The van der Waals surface area contributed by atoms with Crippen LogP contribution in [-0.4, -0.2) is 25.8 Å². The maximum Gasteiger partial charge on any atom is 0.304 e. The molecule has 0 saturated carbocycles. The number of aromatic nitrogens is 1. The third-order valence-electron chi connectivity index (χ3n) is 2.55. The number of benzene rings is 1. The second-order valence-electron chi connectivity index (χ2n) is 4.23. The first-order valence-electron chi connectivity index (χ1n) is 6.07. The number of nitrogens with one attached hydrogen (secondary N) is 2. The van der Waals surface area contributed by atoms with E-state index in [1.54, 1.807) is 29.6 Å². The van der Waals surface area contributed by atoms with E-state index >= 15 is 0 Å². The number of hydrogen-bond donors (Lipinski definition) is 3. The molecule has 9 heteroatoms. The monoisotopic (exact) mass is 329 g/mol. The van der Waals surface area contributed by atoms with Crippen molar-refractivity contribution in [3.8, 4) is 5.75 Å². The van der Waals surface area contributed by atoms with Gasteiger partial charge in [-0.3, -0.25) is 4.79 Å². The van der Waals surface area contributed by atoms with Crippen LogP contribution in [0, 0.1) is 0 Å². The number of aromatic amines is 1.